The van der Waals surface area contributed by atoms with Gasteiger partial charge in [-0.3, -0.25) is 9.55 Å². The Labute approximate surface area is 384 Å². The molecule has 0 saturated heterocycles. The summed E-state index contributed by atoms with van der Waals surface area (Å²) < 4.78 is 115. The number of aromatic hydroxyl groups is 1. The number of hydrogen-bond acceptors (Lipinski definition) is 3. The van der Waals surface area contributed by atoms with Gasteiger partial charge in [-0.2, -0.15) is 0 Å². The molecular weight excluding hydrogens is 755 g/mol. The smallest absolute Gasteiger partial charge is 0.149 e. The lowest BCUT2D eigenvalue weighted by molar-refractivity contribution is 0.477. The van der Waals surface area contributed by atoms with Crippen molar-refractivity contribution in [3.8, 4) is 78.6 Å². The predicted octanol–water partition coefficient (Wildman–Crippen LogP) is 15.3. The number of hydrogen-bond donors (Lipinski definition) is 1. The first-order valence-electron chi connectivity index (χ1n) is 27.0. The predicted molar refractivity (Wildman–Crippen MR) is 260 cm³/mol. The third-order valence-corrected chi connectivity index (χ3v) is 11.2. The number of pyridine rings is 1. The van der Waals surface area contributed by atoms with E-state index in [0.29, 0.717) is 55.9 Å². The van der Waals surface area contributed by atoms with Crippen LogP contribution in [-0.2, 0) is 10.8 Å². The third kappa shape index (κ3) is 7.74. The van der Waals surface area contributed by atoms with Crippen LogP contribution in [0.4, 0.5) is 0 Å². The first-order valence-corrected chi connectivity index (χ1v) is 20.5. The van der Waals surface area contributed by atoms with Gasteiger partial charge in [0.2, 0.25) is 0 Å². The maximum absolute atomic E-state index is 11.6. The number of benzene rings is 7. The molecule has 0 atom stereocenters. The van der Waals surface area contributed by atoms with Crippen LogP contribution in [0.15, 0.2) is 170 Å². The summed E-state index contributed by atoms with van der Waals surface area (Å²) >= 11 is 0. The van der Waals surface area contributed by atoms with Crippen molar-refractivity contribution in [1.82, 2.24) is 14.5 Å². The zero-order valence-corrected chi connectivity index (χ0v) is 35.4. The molecule has 306 valence electrons. The largest absolute Gasteiger partial charge is 0.507 e. The molecule has 4 heteroatoms. The first kappa shape index (κ1) is 27.7. The molecule has 7 aromatic carbocycles. The number of aromatic nitrogens is 3. The summed E-state index contributed by atoms with van der Waals surface area (Å²) in [5.41, 5.74) is 5.64. The molecule has 0 bridgehead atoms. The monoisotopic (exact) mass is 821 g/mol. The minimum Gasteiger partial charge on any atom is -0.507 e. The Kier molecular flexibility index (Phi) is 7.06. The standard InChI is InChI=1S/C58H53N3O/c1-37-21-23-39(24-22-37)42-29-30-59-51(35-42)44-32-43(33-46(34-44)58(6,7)8)47-18-14-19-52-55(47)60-56(48-17-12-13-20-54(48)62)61(52)53-31-38(2)49(36-50(53)40-15-10-9-11-16-40)41-25-27-45(28-26-41)57(3,4)5/h9-36,62H,1-8H3/i1D3,2D3,21D,22D,23D,24D,29D,30D,35D. The molecule has 0 radical (unpaired) electrons. The fourth-order valence-corrected chi connectivity index (χ4v) is 7.80. The third-order valence-electron chi connectivity index (χ3n) is 11.2. The lowest BCUT2D eigenvalue weighted by atomic mass is 9.83. The highest BCUT2D eigenvalue weighted by Crippen LogP contribution is 2.43. The van der Waals surface area contributed by atoms with Crippen molar-refractivity contribution >= 4 is 11.0 Å². The van der Waals surface area contributed by atoms with Crippen LogP contribution in [0.2, 0.25) is 0 Å². The van der Waals surface area contributed by atoms with Crippen LogP contribution in [0.1, 0.15) is 81.6 Å². The second-order valence-corrected chi connectivity index (χ2v) is 17.6. The second-order valence-electron chi connectivity index (χ2n) is 17.6. The zero-order valence-electron chi connectivity index (χ0n) is 48.4. The molecule has 0 saturated carbocycles. The Morgan fingerprint density at radius 2 is 1.24 bits per heavy atom. The number of imidazole rings is 1. The van der Waals surface area contributed by atoms with Gasteiger partial charge in [-0.15, -0.1) is 0 Å². The molecule has 0 fully saturated rings. The van der Waals surface area contributed by atoms with E-state index >= 15 is 0 Å². The van der Waals surface area contributed by atoms with Crippen molar-refractivity contribution in [3.63, 3.8) is 0 Å². The summed E-state index contributed by atoms with van der Waals surface area (Å²) in [5, 5.41) is 11.6. The zero-order chi connectivity index (χ0) is 54.4. The Bertz CT molecular complexity index is 3710. The van der Waals surface area contributed by atoms with E-state index in [2.05, 4.69) is 25.8 Å². The van der Waals surface area contributed by atoms with Crippen molar-refractivity contribution in [3.05, 3.63) is 192 Å². The highest BCUT2D eigenvalue weighted by Gasteiger charge is 2.25. The van der Waals surface area contributed by atoms with Crippen LogP contribution in [0.3, 0.4) is 0 Å². The van der Waals surface area contributed by atoms with Gasteiger partial charge >= 0.3 is 0 Å². The molecular formula is C58H53N3O. The average molecular weight is 821 g/mol. The normalized spacial score (nSPS) is 15.4. The van der Waals surface area contributed by atoms with E-state index in [1.807, 2.05) is 110 Å². The summed E-state index contributed by atoms with van der Waals surface area (Å²) in [6.45, 7) is 6.79. The number of phenols is 1. The van der Waals surface area contributed by atoms with Crippen molar-refractivity contribution < 1.29 is 22.9 Å². The van der Waals surface area contributed by atoms with Gasteiger partial charge in [-0.05, 0) is 129 Å². The van der Waals surface area contributed by atoms with Gasteiger partial charge in [-0.25, -0.2) is 4.98 Å². The van der Waals surface area contributed by atoms with E-state index in [-0.39, 0.29) is 22.4 Å². The van der Waals surface area contributed by atoms with E-state index in [0.717, 1.165) is 22.3 Å². The van der Waals surface area contributed by atoms with Gasteiger partial charge < -0.3 is 5.11 Å². The van der Waals surface area contributed by atoms with Gasteiger partial charge in [0.15, 0.2) is 0 Å². The Morgan fingerprint density at radius 1 is 0.548 bits per heavy atom. The summed E-state index contributed by atoms with van der Waals surface area (Å²) in [6, 6.07) is 34.8. The quantitative estimate of drug-likeness (QED) is 0.174. The fourth-order valence-electron chi connectivity index (χ4n) is 7.80. The van der Waals surface area contributed by atoms with Crippen LogP contribution in [0.5, 0.6) is 5.75 Å². The second kappa shape index (κ2) is 15.8. The first-order chi connectivity index (χ1) is 35.1. The molecule has 0 amide bonds. The van der Waals surface area contributed by atoms with E-state index in [4.69, 9.17) is 21.4 Å². The van der Waals surface area contributed by atoms with Crippen LogP contribution in [0, 0.1) is 13.7 Å². The van der Waals surface area contributed by atoms with Gasteiger partial charge in [0.1, 0.15) is 11.6 Å². The summed E-state index contributed by atoms with van der Waals surface area (Å²) in [7, 11) is 0. The minimum absolute atomic E-state index is 0.0656. The molecule has 0 aliphatic rings. The van der Waals surface area contributed by atoms with E-state index in [1.165, 1.54) is 0 Å². The number of phenolic OH excluding ortho intramolecular Hbond substituents is 1. The van der Waals surface area contributed by atoms with Gasteiger partial charge in [0.05, 0.1) is 37.6 Å². The van der Waals surface area contributed by atoms with Crippen LogP contribution < -0.4 is 0 Å². The Balaban J connectivity index is 1.34. The van der Waals surface area contributed by atoms with Crippen molar-refractivity contribution in [2.24, 2.45) is 0 Å². The highest BCUT2D eigenvalue weighted by molar-refractivity contribution is 5.98. The Morgan fingerprint density at radius 3 is 1.95 bits per heavy atom. The molecule has 2 aromatic heterocycles. The minimum atomic E-state index is -2.99. The molecule has 2 heterocycles. The summed E-state index contributed by atoms with van der Waals surface area (Å²) in [6.07, 6.45) is -0.609. The molecule has 0 unspecified atom stereocenters. The van der Waals surface area contributed by atoms with Crippen molar-refractivity contribution in [1.29, 1.82) is 0 Å². The molecule has 9 rings (SSSR count). The van der Waals surface area contributed by atoms with Crippen molar-refractivity contribution in [2.75, 3.05) is 0 Å². The van der Waals surface area contributed by atoms with Gasteiger partial charge in [0, 0.05) is 31.1 Å². The topological polar surface area (TPSA) is 50.9 Å². The number of aryl methyl sites for hydroxylation is 1. The van der Waals surface area contributed by atoms with E-state index < -0.39 is 78.2 Å². The van der Waals surface area contributed by atoms with Crippen LogP contribution in [-0.4, -0.2) is 19.6 Å². The van der Waals surface area contributed by atoms with Crippen LogP contribution in [0.25, 0.3) is 83.9 Å². The van der Waals surface area contributed by atoms with E-state index in [9.17, 15) is 6.48 Å². The van der Waals surface area contributed by atoms with Crippen LogP contribution >= 0.6 is 0 Å². The Hall–Kier alpha value is -7.04. The molecule has 4 nitrogen and oxygen atoms in total. The molecule has 1 N–H and O–H groups in total. The number of rotatable bonds is 7. The summed E-state index contributed by atoms with van der Waals surface area (Å²) in [5.74, 6) is 0.247. The maximum Gasteiger partial charge on any atom is 0.149 e. The van der Waals surface area contributed by atoms with E-state index in [1.54, 1.807) is 42.5 Å². The molecule has 0 aliphatic carbocycles. The SMILES string of the molecule is [2H]c1nc(-c2cc(-c3cccc4c3nc(-c3ccccc3O)n4-c3cc(C([2H])([2H])[2H])c(-c4ccc(C(C)(C)C)cc4)cc3-c3ccccc3)cc(C(C)(C)C)c2)c([2H])c(-c2c([2H])c([2H])c(C([2H])([2H])[2H])c([2H])c2[2H])c1[2H]. The highest BCUT2D eigenvalue weighted by atomic mass is 16.3. The lowest BCUT2D eigenvalue weighted by Gasteiger charge is -2.22. The average Bonchev–Trinajstić information content (AvgIpc) is 3.74. The molecule has 9 aromatic rings. The maximum atomic E-state index is 11.6. The number of para-hydroxylation sites is 2. The summed E-state index contributed by atoms with van der Waals surface area (Å²) in [4.78, 5) is 9.74. The fraction of sp³-hybridized carbons (Fsp3) is 0.172. The van der Waals surface area contributed by atoms with Gasteiger partial charge in [0.25, 0.3) is 0 Å². The number of nitrogens with zero attached hydrogens (tertiary/aromatic N) is 3. The van der Waals surface area contributed by atoms with Crippen molar-refractivity contribution in [2.45, 2.75) is 66.1 Å². The van der Waals surface area contributed by atoms with Gasteiger partial charge in [-0.1, -0.05) is 156 Å². The molecule has 62 heavy (non-hydrogen) atoms. The number of fused-ring (bicyclic) bond motifs is 1. The molecule has 0 spiro atoms. The molecule has 0 aliphatic heterocycles. The lowest BCUT2D eigenvalue weighted by Crippen LogP contribution is -2.11.